The highest BCUT2D eigenvalue weighted by atomic mass is 33.1. The zero-order chi connectivity index (χ0) is 28.6. The van der Waals surface area contributed by atoms with Crippen molar-refractivity contribution in [1.82, 2.24) is 0 Å². The lowest BCUT2D eigenvalue weighted by atomic mass is 10.1. The van der Waals surface area contributed by atoms with Crippen LogP contribution in [0.15, 0.2) is 24.3 Å². The number of aromatic carboxylic acids is 2. The van der Waals surface area contributed by atoms with Crippen LogP contribution in [0.2, 0.25) is 0 Å². The topological polar surface area (TPSA) is 266 Å². The van der Waals surface area contributed by atoms with Gasteiger partial charge in [0.25, 0.3) is 21.2 Å². The zero-order valence-corrected chi connectivity index (χ0v) is 20.4. The Morgan fingerprint density at radius 1 is 0.684 bits per heavy atom. The predicted molar refractivity (Wildman–Crippen MR) is 132 cm³/mol. The number of nitrogens with one attached hydrogen (secondary N) is 2. The average molecular weight is 575 g/mol. The summed E-state index contributed by atoms with van der Waals surface area (Å²) in [6.07, 6.45) is 0. The van der Waals surface area contributed by atoms with Gasteiger partial charge in [0, 0.05) is 48.9 Å². The summed E-state index contributed by atoms with van der Waals surface area (Å²) < 4.78 is 0. The van der Waals surface area contributed by atoms with Crippen molar-refractivity contribution in [2.24, 2.45) is 0 Å². The third-order valence-electron chi connectivity index (χ3n) is 4.55. The summed E-state index contributed by atoms with van der Waals surface area (Å²) >= 11 is 0. The lowest BCUT2D eigenvalue weighted by molar-refractivity contribution is -0.729. The van der Waals surface area contributed by atoms with E-state index in [1.807, 2.05) is 0 Å². The lowest BCUT2D eigenvalue weighted by Gasteiger charge is -2.08. The molecule has 0 bridgehead atoms. The SMILES string of the molecule is O=C(O)c1cc([N+](=O)[O-])c(NCCSSCCNc2c([N+](=O)[O-])cc(C(=O)O)cc2[N+](=O)O)c([N+](=O)O)c1. The smallest absolute Gasteiger partial charge is 0.347 e. The number of rotatable bonds is 15. The van der Waals surface area contributed by atoms with Gasteiger partial charge >= 0.3 is 23.3 Å². The highest BCUT2D eigenvalue weighted by Crippen LogP contribution is 2.37. The number of carbonyl (C=O) groups is 2. The summed E-state index contributed by atoms with van der Waals surface area (Å²) in [6, 6.07) is 3.00. The molecule has 2 rings (SSSR count). The number of nitro benzene ring substituents is 2. The molecule has 2 aromatic rings. The van der Waals surface area contributed by atoms with Gasteiger partial charge in [0.1, 0.15) is 0 Å². The second-order valence-corrected chi connectivity index (χ2v) is 9.65. The van der Waals surface area contributed by atoms with Gasteiger partial charge in [-0.1, -0.05) is 21.6 Å². The van der Waals surface area contributed by atoms with E-state index in [0.717, 1.165) is 24.3 Å². The van der Waals surface area contributed by atoms with Crippen LogP contribution in [0.25, 0.3) is 0 Å². The van der Waals surface area contributed by atoms with Crippen molar-refractivity contribution in [3.63, 3.8) is 0 Å². The van der Waals surface area contributed by atoms with Gasteiger partial charge in [-0.05, 0) is 0 Å². The van der Waals surface area contributed by atoms with Crippen LogP contribution in [0.1, 0.15) is 20.7 Å². The second kappa shape index (κ2) is 13.0. The molecule has 38 heavy (non-hydrogen) atoms. The summed E-state index contributed by atoms with van der Waals surface area (Å²) in [5.74, 6) is -2.51. The van der Waals surface area contributed by atoms with Crippen LogP contribution < -0.4 is 10.6 Å². The fourth-order valence-electron chi connectivity index (χ4n) is 2.98. The zero-order valence-electron chi connectivity index (χ0n) is 18.8. The fraction of sp³-hybridized carbons (Fsp3) is 0.222. The van der Waals surface area contributed by atoms with Crippen LogP contribution >= 0.6 is 21.6 Å². The van der Waals surface area contributed by atoms with Crippen LogP contribution in [-0.4, -0.2) is 76.9 Å². The van der Waals surface area contributed by atoms with E-state index in [-0.39, 0.29) is 36.0 Å². The van der Waals surface area contributed by atoms with Gasteiger partial charge in [-0.2, -0.15) is 0 Å². The van der Waals surface area contributed by atoms with Crippen molar-refractivity contribution in [2.45, 2.75) is 0 Å². The first-order chi connectivity index (χ1) is 17.8. The van der Waals surface area contributed by atoms with Crippen molar-refractivity contribution >= 4 is 67.7 Å². The first-order valence-electron chi connectivity index (χ1n) is 10.0. The maximum Gasteiger partial charge on any atom is 0.347 e. The molecular formula is C18H18N6O12S2+2. The normalized spacial score (nSPS) is 10.4. The molecule has 18 nitrogen and oxygen atoms in total. The van der Waals surface area contributed by atoms with Crippen molar-refractivity contribution < 1.29 is 49.9 Å². The molecule has 0 aliphatic rings. The maximum atomic E-state index is 11.4. The van der Waals surface area contributed by atoms with Gasteiger partial charge in [0.2, 0.25) is 0 Å². The Hall–Kier alpha value is -4.72. The largest absolute Gasteiger partial charge is 0.478 e. The third-order valence-corrected chi connectivity index (χ3v) is 6.96. The summed E-state index contributed by atoms with van der Waals surface area (Å²) in [5, 5.41) is 64.5. The fourth-order valence-corrected chi connectivity index (χ4v) is 4.79. The van der Waals surface area contributed by atoms with Crippen molar-refractivity contribution in [3.05, 3.63) is 65.4 Å². The third kappa shape index (κ3) is 7.39. The van der Waals surface area contributed by atoms with Crippen LogP contribution in [-0.2, 0) is 0 Å². The number of nitrogens with zero attached hydrogens (tertiary/aromatic N) is 4. The molecule has 0 aliphatic heterocycles. The number of hydrogen-bond donors (Lipinski definition) is 6. The van der Waals surface area contributed by atoms with E-state index in [4.69, 9.17) is 10.2 Å². The molecule has 0 radical (unpaired) electrons. The van der Waals surface area contributed by atoms with Gasteiger partial charge in [-0.25, -0.2) is 20.0 Å². The average Bonchev–Trinajstić information content (AvgIpc) is 2.84. The number of benzene rings is 2. The molecule has 202 valence electrons. The van der Waals surface area contributed by atoms with Crippen molar-refractivity contribution in [1.29, 1.82) is 0 Å². The van der Waals surface area contributed by atoms with Gasteiger partial charge < -0.3 is 20.8 Å². The molecule has 0 aliphatic carbocycles. The molecule has 0 fully saturated rings. The van der Waals surface area contributed by atoms with Gasteiger partial charge in [-0.15, -0.1) is 0 Å². The molecular weight excluding hydrogens is 556 g/mol. The van der Waals surface area contributed by atoms with E-state index in [1.165, 1.54) is 21.6 Å². The van der Waals surface area contributed by atoms with E-state index in [2.05, 4.69) is 10.6 Å². The molecule has 0 unspecified atom stereocenters. The molecule has 0 saturated carbocycles. The van der Waals surface area contributed by atoms with Gasteiger partial charge in [0.05, 0.1) is 30.8 Å². The number of hydrogen-bond acceptors (Lipinski definition) is 12. The minimum Gasteiger partial charge on any atom is -0.478 e. The number of nitro groups is 2. The molecule has 0 amide bonds. The molecule has 2 aromatic carbocycles. The Balaban J connectivity index is 1.98. The monoisotopic (exact) mass is 574 g/mol. The Morgan fingerprint density at radius 3 is 1.26 bits per heavy atom. The predicted octanol–water partition coefficient (Wildman–Crippen LogP) is 3.40. The van der Waals surface area contributed by atoms with Crippen LogP contribution in [0, 0.1) is 30.0 Å². The highest BCUT2D eigenvalue weighted by molar-refractivity contribution is 8.76. The Labute approximate surface area is 218 Å². The molecule has 20 heteroatoms. The first-order valence-corrected chi connectivity index (χ1v) is 12.5. The number of carboxylic acid groups (broad SMARTS) is 2. The Bertz CT molecular complexity index is 1150. The highest BCUT2D eigenvalue weighted by Gasteiger charge is 2.32. The summed E-state index contributed by atoms with van der Waals surface area (Å²) in [5.41, 5.74) is -4.74. The number of carboxylic acids is 2. The molecule has 0 aromatic heterocycles. The quantitative estimate of drug-likeness (QED) is 0.0769. The first kappa shape index (κ1) is 29.5. The van der Waals surface area contributed by atoms with Crippen molar-refractivity contribution in [2.75, 3.05) is 35.2 Å². The summed E-state index contributed by atoms with van der Waals surface area (Å²) in [4.78, 5) is 64.5. The lowest BCUT2D eigenvalue weighted by Crippen LogP contribution is -2.12. The van der Waals surface area contributed by atoms with E-state index >= 15 is 0 Å². The molecule has 0 saturated heterocycles. The number of anilines is 2. The minimum absolute atomic E-state index is 0.0428. The molecule has 6 N–H and O–H groups in total. The standard InChI is InChI=1S/C18H16N6O12S2/c25-17(26)9-5-11(21(29)30)15(12(6-9)22(31)32)19-1-3-37-38-4-2-20-16-13(23(33)34)7-10(18(27)28)8-14(16)24(35)36/h5-8,19-20H,1-4H2,(H2-2,25,26,27,28,29,30,33,34)/p+2. The summed E-state index contributed by atoms with van der Waals surface area (Å²) in [7, 11) is 2.47. The van der Waals surface area contributed by atoms with Crippen LogP contribution in [0.5, 0.6) is 0 Å². The van der Waals surface area contributed by atoms with E-state index in [9.17, 15) is 50.0 Å². The van der Waals surface area contributed by atoms with E-state index in [1.54, 1.807) is 0 Å². The Morgan fingerprint density at radius 2 is 1.00 bits per heavy atom. The van der Waals surface area contributed by atoms with Crippen LogP contribution in [0.3, 0.4) is 0 Å². The maximum absolute atomic E-state index is 11.4. The van der Waals surface area contributed by atoms with Gasteiger partial charge in [0.15, 0.2) is 11.4 Å². The van der Waals surface area contributed by atoms with E-state index < -0.39 is 65.5 Å². The van der Waals surface area contributed by atoms with E-state index in [0.29, 0.717) is 0 Å². The van der Waals surface area contributed by atoms with Gasteiger partial charge in [-0.3, -0.25) is 20.2 Å². The van der Waals surface area contributed by atoms with Crippen molar-refractivity contribution in [3.8, 4) is 0 Å². The molecule has 0 spiro atoms. The Kier molecular flexibility index (Phi) is 10.1. The van der Waals surface area contributed by atoms with Crippen LogP contribution in [0.4, 0.5) is 34.1 Å². The molecule has 0 heterocycles. The second-order valence-electron chi connectivity index (χ2n) is 6.95. The summed E-state index contributed by atoms with van der Waals surface area (Å²) in [6.45, 7) is 0.0856. The minimum atomic E-state index is -1.54. The molecule has 0 atom stereocenters.